The van der Waals surface area contributed by atoms with E-state index in [9.17, 15) is 0 Å². The van der Waals surface area contributed by atoms with Crippen LogP contribution >= 0.6 is 0 Å². The Bertz CT molecular complexity index is 1810. The van der Waals surface area contributed by atoms with Gasteiger partial charge in [0.25, 0.3) is 0 Å². The highest BCUT2D eigenvalue weighted by Gasteiger charge is 2.27. The van der Waals surface area contributed by atoms with Gasteiger partial charge in [-0.05, 0) is 66.0 Å². The Morgan fingerprint density at radius 1 is 0.857 bits per heavy atom. The summed E-state index contributed by atoms with van der Waals surface area (Å²) in [6.07, 6.45) is 3.33. The molecule has 0 N–H and O–H groups in total. The molecule has 178 valence electrons. The van der Waals surface area contributed by atoms with Gasteiger partial charge in [-0.1, -0.05) is 63.8 Å². The van der Waals surface area contributed by atoms with Crippen LogP contribution in [0.3, 0.4) is 0 Å². The first-order chi connectivity index (χ1) is 16.3. The van der Waals surface area contributed by atoms with E-state index >= 15 is 0 Å². The fourth-order valence-electron chi connectivity index (χ4n) is 6.10. The van der Waals surface area contributed by atoms with Gasteiger partial charge in [0, 0.05) is 16.8 Å². The Labute approximate surface area is 209 Å². The molecule has 35 heavy (non-hydrogen) atoms. The van der Waals surface area contributed by atoms with Crippen molar-refractivity contribution in [3.05, 3.63) is 65.4 Å². The maximum atomic E-state index is 2.61. The summed E-state index contributed by atoms with van der Waals surface area (Å²) in [6.45, 7) is 18.9. The maximum absolute atomic E-state index is 2.61. The molecular weight excluding hydrogens is 440 g/mol. The van der Waals surface area contributed by atoms with E-state index in [0.29, 0.717) is 0 Å². The summed E-state index contributed by atoms with van der Waals surface area (Å²) in [6, 6.07) is 16.9. The summed E-state index contributed by atoms with van der Waals surface area (Å²) >= 11 is 0. The molecule has 3 aromatic heterocycles. The van der Waals surface area contributed by atoms with Crippen molar-refractivity contribution in [2.45, 2.75) is 60.7 Å². The van der Waals surface area contributed by atoms with Crippen molar-refractivity contribution >= 4 is 62.3 Å². The molecule has 0 atom stereocenters. The molecule has 0 aliphatic heterocycles. The zero-order valence-electron chi connectivity index (χ0n) is 22.7. The van der Waals surface area contributed by atoms with Crippen molar-refractivity contribution in [1.82, 2.24) is 4.40 Å². The van der Waals surface area contributed by atoms with Gasteiger partial charge in [0.05, 0.1) is 35.4 Å². The van der Waals surface area contributed by atoms with Crippen LogP contribution in [-0.2, 0) is 13.5 Å². The molecule has 3 heteroatoms. The fraction of sp³-hybridized carbons (Fsp3) is 0.344. The zero-order valence-corrected chi connectivity index (χ0v) is 23.7. The minimum absolute atomic E-state index is 0.255. The summed E-state index contributed by atoms with van der Waals surface area (Å²) in [5, 5.41) is 8.41. The quantitative estimate of drug-likeness (QED) is 0.105. The Morgan fingerprint density at radius 2 is 1.60 bits per heavy atom. The minimum atomic E-state index is -1.51. The van der Waals surface area contributed by atoms with Crippen LogP contribution in [0.4, 0.5) is 0 Å². The van der Waals surface area contributed by atoms with Gasteiger partial charge in [-0.3, -0.25) is 0 Å². The molecule has 0 aliphatic rings. The number of benzene rings is 3. The average molecular weight is 478 g/mol. The molecule has 0 bridgehead atoms. The van der Waals surface area contributed by atoms with E-state index in [-0.39, 0.29) is 5.41 Å². The lowest BCUT2D eigenvalue weighted by Gasteiger charge is -2.20. The second kappa shape index (κ2) is 7.07. The highest BCUT2D eigenvalue weighted by molar-refractivity contribution is 6.89. The van der Waals surface area contributed by atoms with E-state index in [2.05, 4.69) is 119 Å². The molecular formula is C32H37N2Si+. The van der Waals surface area contributed by atoms with Crippen LogP contribution in [0.1, 0.15) is 37.5 Å². The number of pyridine rings is 2. The molecule has 3 heterocycles. The second-order valence-electron chi connectivity index (χ2n) is 13.0. The Balaban J connectivity index is 1.95. The number of fused-ring (bicyclic) bond motifs is 5. The lowest BCUT2D eigenvalue weighted by atomic mass is 9.88. The maximum Gasteiger partial charge on any atom is 0.224 e. The van der Waals surface area contributed by atoms with Gasteiger partial charge >= 0.3 is 0 Å². The Hall–Kier alpha value is -2.91. The normalized spacial score (nSPS) is 13.4. The lowest BCUT2D eigenvalue weighted by Crippen LogP contribution is -2.38. The van der Waals surface area contributed by atoms with Gasteiger partial charge in [0.1, 0.15) is 7.05 Å². The van der Waals surface area contributed by atoms with Crippen LogP contribution < -0.4 is 9.75 Å². The van der Waals surface area contributed by atoms with E-state index in [0.717, 1.165) is 6.42 Å². The van der Waals surface area contributed by atoms with Gasteiger partial charge < -0.3 is 4.40 Å². The number of aryl methyl sites for hydroxylation is 3. The molecule has 2 nitrogen and oxygen atoms in total. The third-order valence-corrected chi connectivity index (χ3v) is 9.95. The molecule has 0 saturated carbocycles. The smallest absolute Gasteiger partial charge is 0.224 e. The lowest BCUT2D eigenvalue weighted by molar-refractivity contribution is -0.643. The molecule has 6 aromatic rings. The van der Waals surface area contributed by atoms with Crippen molar-refractivity contribution < 1.29 is 4.57 Å². The fourth-order valence-corrected chi connectivity index (χ4v) is 7.26. The SMILES string of the molecule is Cc1cc2c3ccc(CC(C)(C)C)cc3n3c4cc([Si](C)(C)C)cc5cc[n+](C)c(c(c1C)c23)c54. The van der Waals surface area contributed by atoms with Crippen LogP contribution in [0.5, 0.6) is 0 Å². The molecule has 0 spiro atoms. The number of hydrogen-bond acceptors (Lipinski definition) is 0. The van der Waals surface area contributed by atoms with Crippen molar-refractivity contribution in [3.8, 4) is 0 Å². The first-order valence-electron chi connectivity index (χ1n) is 12.9. The van der Waals surface area contributed by atoms with Gasteiger partial charge in [-0.15, -0.1) is 0 Å². The van der Waals surface area contributed by atoms with E-state index in [1.165, 1.54) is 70.9 Å². The van der Waals surface area contributed by atoms with Gasteiger partial charge in [0.15, 0.2) is 6.20 Å². The number of rotatable bonds is 2. The summed E-state index contributed by atoms with van der Waals surface area (Å²) in [7, 11) is 0.697. The summed E-state index contributed by atoms with van der Waals surface area (Å²) in [5.41, 5.74) is 9.86. The van der Waals surface area contributed by atoms with Gasteiger partial charge in [-0.25, -0.2) is 4.57 Å². The van der Waals surface area contributed by atoms with E-state index in [1.54, 1.807) is 0 Å². The molecule has 0 unspecified atom stereocenters. The van der Waals surface area contributed by atoms with Gasteiger partial charge in [0.2, 0.25) is 5.52 Å². The minimum Gasteiger partial charge on any atom is -0.307 e. The van der Waals surface area contributed by atoms with Crippen molar-refractivity contribution in [2.24, 2.45) is 12.5 Å². The Morgan fingerprint density at radius 3 is 2.29 bits per heavy atom. The summed E-state index contributed by atoms with van der Waals surface area (Å²) < 4.78 is 4.95. The third-order valence-electron chi connectivity index (χ3n) is 7.93. The second-order valence-corrected chi connectivity index (χ2v) is 18.1. The van der Waals surface area contributed by atoms with Crippen LogP contribution in [-0.4, -0.2) is 12.5 Å². The third kappa shape index (κ3) is 3.24. The van der Waals surface area contributed by atoms with Gasteiger partial charge in [-0.2, -0.15) is 0 Å². The van der Waals surface area contributed by atoms with Crippen LogP contribution in [0.2, 0.25) is 19.6 Å². The van der Waals surface area contributed by atoms with Crippen molar-refractivity contribution in [2.75, 3.05) is 0 Å². The Kier molecular flexibility index (Phi) is 4.55. The van der Waals surface area contributed by atoms with E-state index in [1.807, 2.05) is 0 Å². The molecule has 3 aromatic carbocycles. The standard InChI is InChI=1S/C32H37N2Si/c1-19-14-25-24-11-10-21(18-32(3,4)5)15-26(24)34-27-17-23(35(7,8)9)16-22-12-13-33(6)31(29(22)27)28(20(19)2)30(25)34/h10-17H,18H2,1-9H3/q+1. The summed E-state index contributed by atoms with van der Waals surface area (Å²) in [4.78, 5) is 0. The molecule has 0 fully saturated rings. The van der Waals surface area contributed by atoms with Crippen LogP contribution in [0.15, 0.2) is 48.7 Å². The molecule has 0 saturated heterocycles. The number of nitrogens with zero attached hydrogens (tertiary/aromatic N) is 2. The predicted octanol–water partition coefficient (Wildman–Crippen LogP) is 7.57. The number of aromatic nitrogens is 2. The van der Waals surface area contributed by atoms with Crippen molar-refractivity contribution in [3.63, 3.8) is 0 Å². The molecule has 0 radical (unpaired) electrons. The largest absolute Gasteiger partial charge is 0.307 e. The highest BCUT2D eigenvalue weighted by Crippen LogP contribution is 2.42. The van der Waals surface area contributed by atoms with E-state index < -0.39 is 8.07 Å². The first kappa shape index (κ1) is 22.5. The van der Waals surface area contributed by atoms with Crippen LogP contribution in [0.25, 0.3) is 49.0 Å². The average Bonchev–Trinajstić information content (AvgIpc) is 3.07. The molecule has 0 aliphatic carbocycles. The van der Waals surface area contributed by atoms with Crippen LogP contribution in [0, 0.1) is 19.3 Å². The first-order valence-corrected chi connectivity index (χ1v) is 16.4. The zero-order chi connectivity index (χ0) is 25.0. The van der Waals surface area contributed by atoms with E-state index in [4.69, 9.17) is 0 Å². The monoisotopic (exact) mass is 477 g/mol. The topological polar surface area (TPSA) is 8.29 Å². The molecule has 0 amide bonds. The predicted molar refractivity (Wildman–Crippen MR) is 155 cm³/mol. The van der Waals surface area contributed by atoms with Crippen molar-refractivity contribution in [1.29, 1.82) is 0 Å². The summed E-state index contributed by atoms with van der Waals surface area (Å²) in [5.74, 6) is 0. The number of hydrogen-bond donors (Lipinski definition) is 0. The highest BCUT2D eigenvalue weighted by atomic mass is 28.3. The molecule has 6 rings (SSSR count).